The van der Waals surface area contributed by atoms with Crippen molar-refractivity contribution in [2.75, 3.05) is 16.9 Å². The molecule has 10 nitrogen and oxygen atoms in total. The van der Waals surface area contributed by atoms with Crippen molar-refractivity contribution in [3.8, 4) is 0 Å². The van der Waals surface area contributed by atoms with Gasteiger partial charge in [0.2, 0.25) is 11.6 Å². The lowest BCUT2D eigenvalue weighted by Crippen LogP contribution is -2.31. The molecule has 1 amide bonds. The number of nitrogens with one attached hydrogen (secondary N) is 2. The molecule has 2 N–H and O–H groups in total. The van der Waals surface area contributed by atoms with Crippen LogP contribution in [0, 0.1) is 17.0 Å². The fourth-order valence-corrected chi connectivity index (χ4v) is 2.75. The molecule has 0 bridgehead atoms. The number of hydrogen-bond donors (Lipinski definition) is 2. The Hall–Kier alpha value is -4.08. The van der Waals surface area contributed by atoms with Crippen LogP contribution in [0.2, 0.25) is 0 Å². The fourth-order valence-electron chi connectivity index (χ4n) is 2.75. The maximum Gasteiger partial charge on any atom is 0.355 e. The summed E-state index contributed by atoms with van der Waals surface area (Å²) in [4.78, 5) is 37.1. The Labute approximate surface area is 166 Å². The maximum atomic E-state index is 12.2. The van der Waals surface area contributed by atoms with Gasteiger partial charge in [-0.05, 0) is 43.7 Å². The summed E-state index contributed by atoms with van der Waals surface area (Å²) in [6, 6.07) is 12.4. The smallest absolute Gasteiger partial charge is 0.321 e. The topological polar surface area (TPSA) is 126 Å². The lowest BCUT2D eigenvalue weighted by atomic mass is 10.2. The second-order valence-corrected chi connectivity index (χ2v) is 6.03. The van der Waals surface area contributed by atoms with Gasteiger partial charge in [0, 0.05) is 18.4 Å². The van der Waals surface area contributed by atoms with Crippen molar-refractivity contribution in [2.45, 2.75) is 13.8 Å². The Morgan fingerprint density at radius 1 is 1.17 bits per heavy atom. The lowest BCUT2D eigenvalue weighted by Gasteiger charge is -2.22. The SMILES string of the molecule is CCN(c1cccc(C)c1)c1ncnc(NNC(=O)c2ccccn2)c1[N+](=O)[O-]. The number of carbonyl (C=O) groups is 1. The van der Waals surface area contributed by atoms with E-state index in [4.69, 9.17) is 0 Å². The first-order valence-corrected chi connectivity index (χ1v) is 8.82. The summed E-state index contributed by atoms with van der Waals surface area (Å²) in [6.45, 7) is 4.25. The molecule has 0 radical (unpaired) electrons. The van der Waals surface area contributed by atoms with Gasteiger partial charge in [-0.2, -0.15) is 0 Å². The van der Waals surface area contributed by atoms with Gasteiger partial charge in [0.15, 0.2) is 0 Å². The highest BCUT2D eigenvalue weighted by atomic mass is 16.6. The molecule has 0 fully saturated rings. The molecule has 0 aliphatic heterocycles. The number of nitro groups is 1. The van der Waals surface area contributed by atoms with Crippen molar-refractivity contribution in [3.05, 3.63) is 76.4 Å². The van der Waals surface area contributed by atoms with Crippen molar-refractivity contribution >= 4 is 28.9 Å². The summed E-state index contributed by atoms with van der Waals surface area (Å²) in [6.07, 6.45) is 2.68. The zero-order valence-corrected chi connectivity index (χ0v) is 15.9. The van der Waals surface area contributed by atoms with E-state index < -0.39 is 10.8 Å². The largest absolute Gasteiger partial charge is 0.355 e. The van der Waals surface area contributed by atoms with E-state index in [9.17, 15) is 14.9 Å². The molecule has 0 spiro atoms. The van der Waals surface area contributed by atoms with Crippen molar-refractivity contribution < 1.29 is 9.72 Å². The van der Waals surface area contributed by atoms with E-state index in [1.54, 1.807) is 17.0 Å². The number of rotatable bonds is 7. The molecule has 10 heteroatoms. The van der Waals surface area contributed by atoms with E-state index in [1.807, 2.05) is 38.1 Å². The minimum absolute atomic E-state index is 0.118. The molecule has 0 saturated carbocycles. The molecule has 1 aromatic carbocycles. The third-order valence-electron chi connectivity index (χ3n) is 4.06. The first kappa shape index (κ1) is 19.7. The quantitative estimate of drug-likeness (QED) is 0.463. The van der Waals surface area contributed by atoms with Gasteiger partial charge in [0.25, 0.3) is 5.91 Å². The van der Waals surface area contributed by atoms with Gasteiger partial charge in [0.1, 0.15) is 12.0 Å². The Balaban J connectivity index is 1.93. The Bertz CT molecular complexity index is 1030. The van der Waals surface area contributed by atoms with Crippen LogP contribution < -0.4 is 15.8 Å². The van der Waals surface area contributed by atoms with Crippen molar-refractivity contribution in [3.63, 3.8) is 0 Å². The molecule has 29 heavy (non-hydrogen) atoms. The van der Waals surface area contributed by atoms with Crippen LogP contribution >= 0.6 is 0 Å². The maximum absolute atomic E-state index is 12.2. The number of anilines is 3. The molecule has 2 heterocycles. The lowest BCUT2D eigenvalue weighted by molar-refractivity contribution is -0.383. The van der Waals surface area contributed by atoms with Crippen LogP contribution in [-0.4, -0.2) is 32.3 Å². The number of aryl methyl sites for hydroxylation is 1. The van der Waals surface area contributed by atoms with Gasteiger partial charge in [-0.15, -0.1) is 0 Å². The molecule has 0 saturated heterocycles. The average Bonchev–Trinajstić information content (AvgIpc) is 2.73. The van der Waals surface area contributed by atoms with Crippen LogP contribution in [0.3, 0.4) is 0 Å². The summed E-state index contributed by atoms with van der Waals surface area (Å²) in [5, 5.41) is 11.8. The van der Waals surface area contributed by atoms with E-state index in [0.717, 1.165) is 11.3 Å². The molecule has 0 unspecified atom stereocenters. The fraction of sp³-hybridized carbons (Fsp3) is 0.158. The summed E-state index contributed by atoms with van der Waals surface area (Å²) in [7, 11) is 0. The second-order valence-electron chi connectivity index (χ2n) is 6.03. The van der Waals surface area contributed by atoms with Gasteiger partial charge in [-0.25, -0.2) is 9.97 Å². The molecule has 0 aliphatic rings. The Morgan fingerprint density at radius 3 is 2.66 bits per heavy atom. The minimum Gasteiger partial charge on any atom is -0.321 e. The molecule has 0 aliphatic carbocycles. The van der Waals surface area contributed by atoms with Crippen molar-refractivity contribution in [1.29, 1.82) is 0 Å². The molecule has 2 aromatic heterocycles. The second kappa shape index (κ2) is 8.74. The summed E-state index contributed by atoms with van der Waals surface area (Å²) >= 11 is 0. The monoisotopic (exact) mass is 393 g/mol. The minimum atomic E-state index is -0.580. The highest BCUT2D eigenvalue weighted by Gasteiger charge is 2.27. The van der Waals surface area contributed by atoms with Crippen LogP contribution in [-0.2, 0) is 0 Å². The van der Waals surface area contributed by atoms with Gasteiger partial charge >= 0.3 is 5.69 Å². The van der Waals surface area contributed by atoms with E-state index in [2.05, 4.69) is 25.8 Å². The Morgan fingerprint density at radius 2 is 2.00 bits per heavy atom. The first-order valence-electron chi connectivity index (χ1n) is 8.82. The summed E-state index contributed by atoms with van der Waals surface area (Å²) in [5.41, 5.74) is 6.48. The number of amides is 1. The summed E-state index contributed by atoms with van der Waals surface area (Å²) < 4.78 is 0. The number of hydrazine groups is 1. The first-order chi connectivity index (χ1) is 14.0. The molecule has 3 rings (SSSR count). The normalized spacial score (nSPS) is 10.3. The molecule has 0 atom stereocenters. The Kier molecular flexibility index (Phi) is 5.93. The molecule has 3 aromatic rings. The molecule has 148 valence electrons. The molecular weight excluding hydrogens is 374 g/mol. The predicted octanol–water partition coefficient (Wildman–Crippen LogP) is 3.00. The zero-order valence-electron chi connectivity index (χ0n) is 15.9. The van der Waals surface area contributed by atoms with E-state index in [-0.39, 0.29) is 23.0 Å². The number of benzene rings is 1. The number of carbonyl (C=O) groups excluding carboxylic acids is 1. The van der Waals surface area contributed by atoms with Crippen molar-refractivity contribution in [1.82, 2.24) is 20.4 Å². The van der Waals surface area contributed by atoms with E-state index in [1.165, 1.54) is 18.6 Å². The van der Waals surface area contributed by atoms with E-state index in [0.29, 0.717) is 6.54 Å². The van der Waals surface area contributed by atoms with Crippen LogP contribution in [0.1, 0.15) is 23.0 Å². The van der Waals surface area contributed by atoms with Gasteiger partial charge in [-0.3, -0.25) is 30.7 Å². The average molecular weight is 393 g/mol. The number of pyridine rings is 1. The predicted molar refractivity (Wildman–Crippen MR) is 108 cm³/mol. The van der Waals surface area contributed by atoms with Gasteiger partial charge in [-0.1, -0.05) is 18.2 Å². The highest BCUT2D eigenvalue weighted by Crippen LogP contribution is 2.35. The summed E-state index contributed by atoms with van der Waals surface area (Å²) in [5.74, 6) is -0.561. The third-order valence-corrected chi connectivity index (χ3v) is 4.06. The standard InChI is InChI=1S/C19H19N7O3/c1-3-25(14-8-6-7-13(2)11-14)18-16(26(28)29)17(21-12-22-18)23-24-19(27)15-9-4-5-10-20-15/h4-12H,3H2,1-2H3,(H,24,27)(H,21,22,23). The zero-order chi connectivity index (χ0) is 20.8. The highest BCUT2D eigenvalue weighted by molar-refractivity contribution is 5.93. The number of aromatic nitrogens is 3. The van der Waals surface area contributed by atoms with Gasteiger partial charge in [0.05, 0.1) is 4.92 Å². The molecular formula is C19H19N7O3. The van der Waals surface area contributed by atoms with Crippen LogP contribution in [0.15, 0.2) is 55.0 Å². The van der Waals surface area contributed by atoms with Crippen molar-refractivity contribution in [2.24, 2.45) is 0 Å². The number of nitrogens with zero attached hydrogens (tertiary/aromatic N) is 5. The third kappa shape index (κ3) is 4.43. The van der Waals surface area contributed by atoms with Crippen LogP contribution in [0.25, 0.3) is 0 Å². The van der Waals surface area contributed by atoms with E-state index >= 15 is 0 Å². The van der Waals surface area contributed by atoms with Crippen LogP contribution in [0.5, 0.6) is 0 Å². The van der Waals surface area contributed by atoms with Gasteiger partial charge < -0.3 is 4.90 Å². The number of hydrogen-bond acceptors (Lipinski definition) is 8. The van der Waals surface area contributed by atoms with Crippen LogP contribution in [0.4, 0.5) is 23.0 Å².